The zero-order chi connectivity index (χ0) is 14.0. The fourth-order valence-corrected chi connectivity index (χ4v) is 3.05. The summed E-state index contributed by atoms with van der Waals surface area (Å²) >= 11 is 3.59. The summed E-state index contributed by atoms with van der Waals surface area (Å²) < 4.78 is 1.16. The van der Waals surface area contributed by atoms with E-state index >= 15 is 0 Å². The first kappa shape index (κ1) is 14.9. The molecule has 106 valence electrons. The summed E-state index contributed by atoms with van der Waals surface area (Å²) in [5, 5.41) is 3.36. The zero-order valence-corrected chi connectivity index (χ0v) is 14.0. The highest BCUT2D eigenvalue weighted by Gasteiger charge is 2.26. The molecule has 0 saturated carbocycles. The summed E-state index contributed by atoms with van der Waals surface area (Å²) in [6.45, 7) is 9.31. The average Bonchev–Trinajstić information content (AvgIpc) is 2.38. The van der Waals surface area contributed by atoms with Crippen LogP contribution in [0.4, 0.5) is 5.69 Å². The van der Waals surface area contributed by atoms with Gasteiger partial charge < -0.3 is 10.2 Å². The van der Waals surface area contributed by atoms with Crippen molar-refractivity contribution in [2.75, 3.05) is 25.0 Å². The highest BCUT2D eigenvalue weighted by Crippen LogP contribution is 2.35. The Balaban J connectivity index is 2.25. The van der Waals surface area contributed by atoms with Crippen molar-refractivity contribution >= 4 is 21.6 Å². The molecular formula is C16H25BrN2. The second-order valence-electron chi connectivity index (χ2n) is 6.36. The lowest BCUT2D eigenvalue weighted by atomic mass is 9.82. The van der Waals surface area contributed by atoms with Gasteiger partial charge in [0, 0.05) is 29.3 Å². The Morgan fingerprint density at radius 1 is 1.26 bits per heavy atom. The largest absolute Gasteiger partial charge is 0.371 e. The quantitative estimate of drug-likeness (QED) is 0.888. The smallest absolute Gasteiger partial charge is 0.0415 e. The van der Waals surface area contributed by atoms with E-state index in [2.05, 4.69) is 65.1 Å². The van der Waals surface area contributed by atoms with Crippen molar-refractivity contribution in [2.45, 2.75) is 39.7 Å². The van der Waals surface area contributed by atoms with Crippen molar-refractivity contribution in [2.24, 2.45) is 5.41 Å². The third kappa shape index (κ3) is 3.51. The third-order valence-corrected chi connectivity index (χ3v) is 4.84. The lowest BCUT2D eigenvalue weighted by molar-refractivity contribution is 0.279. The van der Waals surface area contributed by atoms with Crippen LogP contribution in [0.1, 0.15) is 45.2 Å². The van der Waals surface area contributed by atoms with Crippen LogP contribution < -0.4 is 10.2 Å². The molecule has 0 amide bonds. The number of hydrogen-bond acceptors (Lipinski definition) is 2. The van der Waals surface area contributed by atoms with E-state index in [4.69, 9.17) is 0 Å². The van der Waals surface area contributed by atoms with Crippen LogP contribution in [0.2, 0.25) is 0 Å². The summed E-state index contributed by atoms with van der Waals surface area (Å²) in [5.41, 5.74) is 3.28. The van der Waals surface area contributed by atoms with E-state index in [1.165, 1.54) is 24.1 Å². The fraction of sp³-hybridized carbons (Fsp3) is 0.625. The minimum atomic E-state index is 0.377. The molecular weight excluding hydrogens is 300 g/mol. The van der Waals surface area contributed by atoms with Crippen molar-refractivity contribution in [1.82, 2.24) is 5.32 Å². The molecule has 1 aliphatic heterocycles. The van der Waals surface area contributed by atoms with Crippen LogP contribution in [0.15, 0.2) is 22.7 Å². The summed E-state index contributed by atoms with van der Waals surface area (Å²) in [7, 11) is 2.02. The normalized spacial score (nSPS) is 20.4. The maximum atomic E-state index is 3.59. The molecule has 1 aromatic rings. The molecule has 2 rings (SSSR count). The van der Waals surface area contributed by atoms with Gasteiger partial charge in [0.2, 0.25) is 0 Å². The molecule has 2 nitrogen and oxygen atoms in total. The van der Waals surface area contributed by atoms with Crippen molar-refractivity contribution in [3.8, 4) is 0 Å². The minimum Gasteiger partial charge on any atom is -0.371 e. The topological polar surface area (TPSA) is 15.3 Å². The number of piperidine rings is 1. The van der Waals surface area contributed by atoms with Gasteiger partial charge >= 0.3 is 0 Å². The van der Waals surface area contributed by atoms with Gasteiger partial charge in [0.1, 0.15) is 0 Å². The monoisotopic (exact) mass is 324 g/mol. The van der Waals surface area contributed by atoms with Crippen LogP contribution in [0.3, 0.4) is 0 Å². The lowest BCUT2D eigenvalue weighted by Gasteiger charge is -2.39. The van der Waals surface area contributed by atoms with Gasteiger partial charge in [-0.2, -0.15) is 0 Å². The Morgan fingerprint density at radius 2 is 1.89 bits per heavy atom. The lowest BCUT2D eigenvalue weighted by Crippen LogP contribution is -2.38. The first-order valence-corrected chi connectivity index (χ1v) is 7.94. The minimum absolute atomic E-state index is 0.377. The van der Waals surface area contributed by atoms with Crippen LogP contribution in [0.5, 0.6) is 0 Å². The molecule has 1 aromatic carbocycles. The summed E-state index contributed by atoms with van der Waals surface area (Å²) in [5.74, 6) is 0. The number of nitrogens with one attached hydrogen (secondary N) is 1. The van der Waals surface area contributed by atoms with Gasteiger partial charge in [-0.1, -0.05) is 29.8 Å². The Bertz CT molecular complexity index is 432. The Labute approximate surface area is 125 Å². The number of nitrogens with zero attached hydrogens (tertiary/aromatic N) is 1. The van der Waals surface area contributed by atoms with Crippen LogP contribution in [0.25, 0.3) is 0 Å². The second kappa shape index (κ2) is 5.84. The predicted molar refractivity (Wildman–Crippen MR) is 86.8 cm³/mol. The van der Waals surface area contributed by atoms with Crippen LogP contribution in [-0.4, -0.2) is 20.1 Å². The molecule has 1 unspecified atom stereocenters. The zero-order valence-electron chi connectivity index (χ0n) is 12.5. The Hall–Kier alpha value is -0.540. The number of rotatable bonds is 3. The molecule has 1 N–H and O–H groups in total. The van der Waals surface area contributed by atoms with E-state index in [-0.39, 0.29) is 0 Å². The molecule has 1 aliphatic rings. The number of halogens is 1. The third-order valence-electron chi connectivity index (χ3n) is 4.35. The van der Waals surface area contributed by atoms with Gasteiger partial charge in [-0.25, -0.2) is 0 Å². The Kier molecular flexibility index (Phi) is 4.57. The van der Waals surface area contributed by atoms with E-state index in [1.54, 1.807) is 0 Å². The maximum absolute atomic E-state index is 3.59. The van der Waals surface area contributed by atoms with E-state index in [9.17, 15) is 0 Å². The van der Waals surface area contributed by atoms with Gasteiger partial charge in [-0.3, -0.25) is 0 Å². The number of benzene rings is 1. The molecule has 0 aliphatic carbocycles. The summed E-state index contributed by atoms with van der Waals surface area (Å²) in [6.07, 6.45) is 2.55. The van der Waals surface area contributed by atoms with Crippen molar-refractivity contribution in [3.63, 3.8) is 0 Å². The molecule has 1 fully saturated rings. The Morgan fingerprint density at radius 3 is 2.47 bits per heavy atom. The standard InChI is InChI=1S/C16H25BrN2/c1-12(18-4)14-11-13(17)5-6-15(14)19-9-7-16(2,3)8-10-19/h5-6,11-12,18H,7-10H2,1-4H3. The second-order valence-corrected chi connectivity index (χ2v) is 7.28. The summed E-state index contributed by atoms with van der Waals surface area (Å²) in [6, 6.07) is 7.03. The molecule has 0 radical (unpaired) electrons. The van der Waals surface area contributed by atoms with Gasteiger partial charge in [0.05, 0.1) is 0 Å². The van der Waals surface area contributed by atoms with Crippen LogP contribution in [-0.2, 0) is 0 Å². The van der Waals surface area contributed by atoms with E-state index < -0.39 is 0 Å². The number of hydrogen-bond donors (Lipinski definition) is 1. The highest BCUT2D eigenvalue weighted by atomic mass is 79.9. The maximum Gasteiger partial charge on any atom is 0.0415 e. The molecule has 0 aromatic heterocycles. The predicted octanol–water partition coefficient (Wildman–Crippen LogP) is 4.36. The van der Waals surface area contributed by atoms with E-state index in [0.29, 0.717) is 11.5 Å². The van der Waals surface area contributed by atoms with Gasteiger partial charge in [-0.15, -0.1) is 0 Å². The average molecular weight is 325 g/mol. The van der Waals surface area contributed by atoms with Crippen LogP contribution >= 0.6 is 15.9 Å². The fourth-order valence-electron chi connectivity index (χ4n) is 2.67. The molecule has 1 atom stereocenters. The molecule has 1 heterocycles. The molecule has 3 heteroatoms. The van der Waals surface area contributed by atoms with E-state index in [1.807, 2.05) is 7.05 Å². The number of anilines is 1. The summed E-state index contributed by atoms with van der Waals surface area (Å²) in [4.78, 5) is 2.54. The van der Waals surface area contributed by atoms with Crippen LogP contribution in [0, 0.1) is 5.41 Å². The molecule has 0 spiro atoms. The van der Waals surface area contributed by atoms with E-state index in [0.717, 1.165) is 17.6 Å². The highest BCUT2D eigenvalue weighted by molar-refractivity contribution is 9.10. The SMILES string of the molecule is CNC(C)c1cc(Br)ccc1N1CCC(C)(C)CC1. The van der Waals surface area contributed by atoms with Crippen molar-refractivity contribution in [3.05, 3.63) is 28.2 Å². The first-order valence-electron chi connectivity index (χ1n) is 7.14. The molecule has 0 bridgehead atoms. The van der Waals surface area contributed by atoms with Gasteiger partial charge in [0.15, 0.2) is 0 Å². The van der Waals surface area contributed by atoms with Gasteiger partial charge in [0.25, 0.3) is 0 Å². The first-order chi connectivity index (χ1) is 8.93. The van der Waals surface area contributed by atoms with Gasteiger partial charge in [-0.05, 0) is 56.0 Å². The van der Waals surface area contributed by atoms with Crippen molar-refractivity contribution in [1.29, 1.82) is 0 Å². The van der Waals surface area contributed by atoms with Crippen molar-refractivity contribution < 1.29 is 0 Å². The molecule has 19 heavy (non-hydrogen) atoms. The molecule has 1 saturated heterocycles.